The lowest BCUT2D eigenvalue weighted by atomic mass is 10.00. The molecule has 0 radical (unpaired) electrons. The molecule has 3 heteroatoms. The summed E-state index contributed by atoms with van der Waals surface area (Å²) in [6.45, 7) is 6.76. The Labute approximate surface area is 163 Å². The number of ether oxygens (including phenoxy) is 1. The van der Waals surface area contributed by atoms with Crippen molar-refractivity contribution in [2.24, 2.45) is 0 Å². The molecule has 1 aliphatic carbocycles. The summed E-state index contributed by atoms with van der Waals surface area (Å²) in [5.41, 5.74) is 6.08. The van der Waals surface area contributed by atoms with E-state index >= 15 is 0 Å². The summed E-state index contributed by atoms with van der Waals surface area (Å²) in [6.07, 6.45) is 6.67. The first-order valence-corrected chi connectivity index (χ1v) is 10.5. The van der Waals surface area contributed by atoms with Gasteiger partial charge in [-0.25, -0.2) is 0 Å². The third-order valence-corrected chi connectivity index (χ3v) is 6.10. The van der Waals surface area contributed by atoms with Gasteiger partial charge in [0.25, 0.3) is 0 Å². The van der Waals surface area contributed by atoms with E-state index in [1.807, 2.05) is 0 Å². The van der Waals surface area contributed by atoms with Crippen molar-refractivity contribution in [2.45, 2.75) is 45.2 Å². The van der Waals surface area contributed by atoms with Crippen molar-refractivity contribution in [1.29, 1.82) is 0 Å². The number of piperazine rings is 1. The van der Waals surface area contributed by atoms with Crippen molar-refractivity contribution in [3.8, 4) is 5.75 Å². The molecule has 0 amide bonds. The van der Waals surface area contributed by atoms with Gasteiger partial charge in [-0.3, -0.25) is 9.80 Å². The van der Waals surface area contributed by atoms with Crippen LogP contribution in [0.2, 0.25) is 0 Å². The highest BCUT2D eigenvalue weighted by Crippen LogP contribution is 2.23. The van der Waals surface area contributed by atoms with Gasteiger partial charge in [-0.15, -0.1) is 0 Å². The standard InChI is InChI=1S/C24H32N2O/c1-27-24-11-8-20(9-12-24)18-25-13-15-26(16-14-25)19-21-7-10-22-5-3-2-4-6-23(22)17-21/h7-12,17H,2-6,13-16,18-19H2,1H3. The van der Waals surface area contributed by atoms with Crippen LogP contribution in [0.15, 0.2) is 42.5 Å². The topological polar surface area (TPSA) is 15.7 Å². The van der Waals surface area contributed by atoms with E-state index in [1.165, 1.54) is 43.2 Å². The lowest BCUT2D eigenvalue weighted by Gasteiger charge is -2.34. The van der Waals surface area contributed by atoms with Crippen molar-refractivity contribution in [3.63, 3.8) is 0 Å². The number of hydrogen-bond donors (Lipinski definition) is 0. The van der Waals surface area contributed by atoms with E-state index in [1.54, 1.807) is 18.2 Å². The van der Waals surface area contributed by atoms with Crippen LogP contribution >= 0.6 is 0 Å². The van der Waals surface area contributed by atoms with Crippen molar-refractivity contribution in [1.82, 2.24) is 9.80 Å². The Hall–Kier alpha value is -1.84. The molecular formula is C24H32N2O. The molecular weight excluding hydrogens is 332 g/mol. The van der Waals surface area contributed by atoms with Crippen LogP contribution in [0.4, 0.5) is 0 Å². The Balaban J connectivity index is 1.28. The molecule has 0 aromatic heterocycles. The maximum Gasteiger partial charge on any atom is 0.118 e. The van der Waals surface area contributed by atoms with Crippen LogP contribution in [-0.4, -0.2) is 43.1 Å². The quantitative estimate of drug-likeness (QED) is 0.737. The largest absolute Gasteiger partial charge is 0.497 e. The lowest BCUT2D eigenvalue weighted by molar-refractivity contribution is 0.122. The Bertz CT molecular complexity index is 733. The number of benzene rings is 2. The van der Waals surface area contributed by atoms with E-state index in [-0.39, 0.29) is 0 Å². The number of aryl methyl sites for hydroxylation is 2. The Kier molecular flexibility index (Phi) is 6.10. The first-order valence-electron chi connectivity index (χ1n) is 10.5. The molecule has 0 bridgehead atoms. The van der Waals surface area contributed by atoms with Crippen LogP contribution < -0.4 is 4.74 Å². The molecule has 1 heterocycles. The summed E-state index contributed by atoms with van der Waals surface area (Å²) in [4.78, 5) is 5.18. The van der Waals surface area contributed by atoms with Gasteiger partial charge in [-0.2, -0.15) is 0 Å². The Morgan fingerprint density at radius 2 is 1.30 bits per heavy atom. The van der Waals surface area contributed by atoms with Crippen LogP contribution in [0.3, 0.4) is 0 Å². The molecule has 2 aromatic carbocycles. The van der Waals surface area contributed by atoms with Crippen LogP contribution in [-0.2, 0) is 25.9 Å². The number of hydrogen-bond acceptors (Lipinski definition) is 3. The number of nitrogens with zero attached hydrogens (tertiary/aromatic N) is 2. The van der Waals surface area contributed by atoms with Crippen LogP contribution in [0, 0.1) is 0 Å². The predicted molar refractivity (Wildman–Crippen MR) is 111 cm³/mol. The van der Waals surface area contributed by atoms with Gasteiger partial charge >= 0.3 is 0 Å². The van der Waals surface area contributed by atoms with Crippen molar-refractivity contribution in [3.05, 3.63) is 64.7 Å². The molecule has 3 nitrogen and oxygen atoms in total. The molecule has 144 valence electrons. The summed E-state index contributed by atoms with van der Waals surface area (Å²) in [5.74, 6) is 0.935. The Morgan fingerprint density at radius 3 is 1.96 bits per heavy atom. The molecule has 27 heavy (non-hydrogen) atoms. The number of methoxy groups -OCH3 is 1. The fourth-order valence-electron chi connectivity index (χ4n) is 4.41. The van der Waals surface area contributed by atoms with Crippen LogP contribution in [0.1, 0.15) is 41.5 Å². The minimum Gasteiger partial charge on any atom is -0.497 e. The van der Waals surface area contributed by atoms with Gasteiger partial charge in [-0.05, 0) is 60.1 Å². The van der Waals surface area contributed by atoms with Gasteiger partial charge in [0.05, 0.1) is 7.11 Å². The van der Waals surface area contributed by atoms with Crippen molar-refractivity contribution in [2.75, 3.05) is 33.3 Å². The maximum absolute atomic E-state index is 5.25. The van der Waals surface area contributed by atoms with Gasteiger partial charge in [0.15, 0.2) is 0 Å². The second-order valence-corrected chi connectivity index (χ2v) is 8.06. The first kappa shape index (κ1) is 18.5. The van der Waals surface area contributed by atoms with Crippen molar-refractivity contribution >= 4 is 0 Å². The fraction of sp³-hybridized carbons (Fsp3) is 0.500. The molecule has 2 aromatic rings. The zero-order chi connectivity index (χ0) is 18.5. The van der Waals surface area contributed by atoms with Gasteiger partial charge < -0.3 is 4.74 Å². The first-order chi connectivity index (χ1) is 13.3. The second kappa shape index (κ2) is 8.90. The van der Waals surface area contributed by atoms with Gasteiger partial charge in [-0.1, -0.05) is 36.8 Å². The smallest absolute Gasteiger partial charge is 0.118 e. The molecule has 1 fully saturated rings. The minimum absolute atomic E-state index is 0.935. The monoisotopic (exact) mass is 364 g/mol. The predicted octanol–water partition coefficient (Wildman–Crippen LogP) is 4.28. The SMILES string of the molecule is COc1ccc(CN2CCN(Cc3ccc4c(c3)CCCCC4)CC2)cc1. The second-order valence-electron chi connectivity index (χ2n) is 8.06. The summed E-state index contributed by atoms with van der Waals surface area (Å²) in [6, 6.07) is 15.7. The normalized spacial score (nSPS) is 18.7. The minimum atomic E-state index is 0.935. The Morgan fingerprint density at radius 1 is 0.704 bits per heavy atom. The van der Waals surface area contributed by atoms with E-state index < -0.39 is 0 Å². The van der Waals surface area contributed by atoms with Crippen LogP contribution in [0.25, 0.3) is 0 Å². The van der Waals surface area contributed by atoms with E-state index in [4.69, 9.17) is 4.74 Å². The summed E-state index contributed by atoms with van der Waals surface area (Å²) < 4.78 is 5.25. The van der Waals surface area contributed by atoms with Crippen molar-refractivity contribution < 1.29 is 4.74 Å². The highest BCUT2D eigenvalue weighted by Gasteiger charge is 2.18. The molecule has 0 unspecified atom stereocenters. The molecule has 2 aliphatic rings. The maximum atomic E-state index is 5.25. The third-order valence-electron chi connectivity index (χ3n) is 6.10. The highest BCUT2D eigenvalue weighted by molar-refractivity contribution is 5.33. The zero-order valence-corrected chi connectivity index (χ0v) is 16.6. The van der Waals surface area contributed by atoms with E-state index in [9.17, 15) is 0 Å². The summed E-state index contributed by atoms with van der Waals surface area (Å²) >= 11 is 0. The van der Waals surface area contributed by atoms with E-state index in [0.717, 1.165) is 45.0 Å². The van der Waals surface area contributed by atoms with E-state index in [2.05, 4.69) is 52.3 Å². The molecule has 0 N–H and O–H groups in total. The molecule has 1 aliphatic heterocycles. The number of rotatable bonds is 5. The molecule has 0 spiro atoms. The lowest BCUT2D eigenvalue weighted by Crippen LogP contribution is -2.45. The van der Waals surface area contributed by atoms with Gasteiger partial charge in [0.2, 0.25) is 0 Å². The molecule has 0 saturated carbocycles. The average Bonchev–Trinajstić information content (AvgIpc) is 2.95. The molecule has 0 atom stereocenters. The summed E-state index contributed by atoms with van der Waals surface area (Å²) in [5, 5.41) is 0. The third kappa shape index (κ3) is 4.91. The molecule has 1 saturated heterocycles. The van der Waals surface area contributed by atoms with Gasteiger partial charge in [0, 0.05) is 39.3 Å². The number of fused-ring (bicyclic) bond motifs is 1. The van der Waals surface area contributed by atoms with E-state index in [0.29, 0.717) is 0 Å². The summed E-state index contributed by atoms with van der Waals surface area (Å²) in [7, 11) is 1.72. The highest BCUT2D eigenvalue weighted by atomic mass is 16.5. The van der Waals surface area contributed by atoms with Gasteiger partial charge in [0.1, 0.15) is 5.75 Å². The average molecular weight is 365 g/mol. The molecule has 4 rings (SSSR count). The van der Waals surface area contributed by atoms with Crippen LogP contribution in [0.5, 0.6) is 5.75 Å². The fourth-order valence-corrected chi connectivity index (χ4v) is 4.41. The zero-order valence-electron chi connectivity index (χ0n) is 16.6.